The molecule has 1 heterocycles. The molecule has 1 unspecified atom stereocenters. The highest BCUT2D eigenvalue weighted by Gasteiger charge is 2.32. The molecule has 15 heavy (non-hydrogen) atoms. The van der Waals surface area contributed by atoms with Gasteiger partial charge in [0.05, 0.1) is 12.7 Å². The summed E-state index contributed by atoms with van der Waals surface area (Å²) in [5.41, 5.74) is 0. The van der Waals surface area contributed by atoms with Gasteiger partial charge in [-0.1, -0.05) is 12.8 Å². The third-order valence-corrected chi connectivity index (χ3v) is 3.35. The normalized spacial score (nSPS) is 31.2. The molecule has 0 bridgehead atoms. The van der Waals surface area contributed by atoms with Crippen molar-refractivity contribution in [1.82, 2.24) is 5.32 Å². The van der Waals surface area contributed by atoms with Crippen LogP contribution in [0.25, 0.3) is 0 Å². The molecule has 0 radical (unpaired) electrons. The number of rotatable bonds is 4. The van der Waals surface area contributed by atoms with E-state index in [1.165, 1.54) is 25.7 Å². The third kappa shape index (κ3) is 3.44. The average Bonchev–Trinajstić information content (AvgIpc) is 2.76. The largest absolute Gasteiger partial charge is 0.348 e. The summed E-state index contributed by atoms with van der Waals surface area (Å²) >= 11 is 0. The second-order valence-electron chi connectivity index (χ2n) is 5.26. The van der Waals surface area contributed by atoms with Crippen LogP contribution in [-0.4, -0.2) is 31.6 Å². The standard InChI is InChI=1S/C12H23NO2/c1-12(2)14-9-11(15-12)8-13-7-10-5-3-4-6-10/h10-11,13H,3-9H2,1-2H3. The van der Waals surface area contributed by atoms with Crippen molar-refractivity contribution in [1.29, 1.82) is 0 Å². The van der Waals surface area contributed by atoms with Crippen LogP contribution < -0.4 is 5.32 Å². The lowest BCUT2D eigenvalue weighted by Gasteiger charge is -2.18. The Morgan fingerprint density at radius 3 is 2.53 bits per heavy atom. The van der Waals surface area contributed by atoms with Crippen molar-refractivity contribution in [3.8, 4) is 0 Å². The van der Waals surface area contributed by atoms with E-state index < -0.39 is 0 Å². The van der Waals surface area contributed by atoms with Gasteiger partial charge in [-0.25, -0.2) is 0 Å². The summed E-state index contributed by atoms with van der Waals surface area (Å²) in [5, 5.41) is 3.50. The first-order chi connectivity index (χ1) is 7.16. The molecular formula is C12H23NO2. The molecule has 1 aliphatic carbocycles. The third-order valence-electron chi connectivity index (χ3n) is 3.35. The van der Waals surface area contributed by atoms with Crippen LogP contribution >= 0.6 is 0 Å². The maximum atomic E-state index is 5.73. The van der Waals surface area contributed by atoms with Gasteiger partial charge in [0, 0.05) is 6.54 Å². The molecule has 0 aromatic rings. The van der Waals surface area contributed by atoms with Gasteiger partial charge in [-0.2, -0.15) is 0 Å². The van der Waals surface area contributed by atoms with E-state index in [-0.39, 0.29) is 11.9 Å². The van der Waals surface area contributed by atoms with Gasteiger partial charge in [-0.3, -0.25) is 0 Å². The van der Waals surface area contributed by atoms with Crippen molar-refractivity contribution in [2.24, 2.45) is 5.92 Å². The summed E-state index contributed by atoms with van der Waals surface area (Å²) in [4.78, 5) is 0. The minimum absolute atomic E-state index is 0.237. The van der Waals surface area contributed by atoms with Crippen molar-refractivity contribution in [2.75, 3.05) is 19.7 Å². The molecule has 0 aromatic heterocycles. The van der Waals surface area contributed by atoms with Crippen LogP contribution in [0.1, 0.15) is 39.5 Å². The van der Waals surface area contributed by atoms with Crippen LogP contribution in [0.3, 0.4) is 0 Å². The Morgan fingerprint density at radius 1 is 1.20 bits per heavy atom. The molecule has 2 fully saturated rings. The Balaban J connectivity index is 1.58. The maximum Gasteiger partial charge on any atom is 0.163 e. The van der Waals surface area contributed by atoms with Gasteiger partial charge in [0.1, 0.15) is 0 Å². The average molecular weight is 213 g/mol. The molecule has 3 nitrogen and oxygen atoms in total. The first-order valence-corrected chi connectivity index (χ1v) is 6.18. The Kier molecular flexibility index (Phi) is 3.65. The number of hydrogen-bond donors (Lipinski definition) is 1. The topological polar surface area (TPSA) is 30.5 Å². The van der Waals surface area contributed by atoms with E-state index in [1.807, 2.05) is 13.8 Å². The minimum atomic E-state index is -0.375. The molecule has 1 saturated heterocycles. The fourth-order valence-corrected chi connectivity index (χ4v) is 2.53. The fraction of sp³-hybridized carbons (Fsp3) is 1.00. The second kappa shape index (κ2) is 4.81. The van der Waals surface area contributed by atoms with Gasteiger partial charge in [0.2, 0.25) is 0 Å². The van der Waals surface area contributed by atoms with Crippen molar-refractivity contribution < 1.29 is 9.47 Å². The van der Waals surface area contributed by atoms with Crippen molar-refractivity contribution >= 4 is 0 Å². The lowest BCUT2D eigenvalue weighted by molar-refractivity contribution is -0.137. The molecule has 3 heteroatoms. The van der Waals surface area contributed by atoms with Gasteiger partial charge in [-0.15, -0.1) is 0 Å². The zero-order valence-electron chi connectivity index (χ0n) is 9.92. The summed E-state index contributed by atoms with van der Waals surface area (Å²) in [7, 11) is 0. The van der Waals surface area contributed by atoms with Gasteiger partial charge in [0.15, 0.2) is 5.79 Å². The summed E-state index contributed by atoms with van der Waals surface area (Å²) < 4.78 is 11.2. The molecule has 2 aliphatic rings. The second-order valence-corrected chi connectivity index (χ2v) is 5.26. The number of nitrogens with one attached hydrogen (secondary N) is 1. The number of ether oxygens (including phenoxy) is 2. The maximum absolute atomic E-state index is 5.73. The highest BCUT2D eigenvalue weighted by atomic mass is 16.7. The van der Waals surface area contributed by atoms with E-state index in [4.69, 9.17) is 9.47 Å². The zero-order valence-corrected chi connectivity index (χ0v) is 9.92. The Labute approximate surface area is 92.5 Å². The zero-order chi connectivity index (χ0) is 10.7. The molecule has 1 aliphatic heterocycles. The highest BCUT2D eigenvalue weighted by molar-refractivity contribution is 4.75. The van der Waals surface area contributed by atoms with E-state index >= 15 is 0 Å². The van der Waals surface area contributed by atoms with Gasteiger partial charge in [-0.05, 0) is 39.2 Å². The predicted molar refractivity (Wildman–Crippen MR) is 59.7 cm³/mol. The molecule has 0 amide bonds. The minimum Gasteiger partial charge on any atom is -0.348 e. The van der Waals surface area contributed by atoms with Crippen LogP contribution in [0.4, 0.5) is 0 Å². The highest BCUT2D eigenvalue weighted by Crippen LogP contribution is 2.24. The Bertz CT molecular complexity index is 200. The molecule has 0 aromatic carbocycles. The van der Waals surface area contributed by atoms with Crippen LogP contribution in [0.2, 0.25) is 0 Å². The van der Waals surface area contributed by atoms with Crippen LogP contribution in [0.15, 0.2) is 0 Å². The summed E-state index contributed by atoms with van der Waals surface area (Å²) in [5.74, 6) is 0.528. The van der Waals surface area contributed by atoms with Crippen LogP contribution in [0.5, 0.6) is 0 Å². The summed E-state index contributed by atoms with van der Waals surface area (Å²) in [6, 6.07) is 0. The summed E-state index contributed by atoms with van der Waals surface area (Å²) in [6.07, 6.45) is 5.88. The van der Waals surface area contributed by atoms with Gasteiger partial charge in [0.25, 0.3) is 0 Å². The Hall–Kier alpha value is -0.120. The molecule has 0 spiro atoms. The smallest absolute Gasteiger partial charge is 0.163 e. The van der Waals surface area contributed by atoms with E-state index in [1.54, 1.807) is 0 Å². The lowest BCUT2D eigenvalue weighted by atomic mass is 10.1. The molecule has 88 valence electrons. The molecular weight excluding hydrogens is 190 g/mol. The SMILES string of the molecule is CC1(C)OCC(CNCC2CCCC2)O1. The van der Waals surface area contributed by atoms with Crippen LogP contribution in [-0.2, 0) is 9.47 Å². The van der Waals surface area contributed by atoms with E-state index in [2.05, 4.69) is 5.32 Å². The predicted octanol–water partition coefficient (Wildman–Crippen LogP) is 1.92. The van der Waals surface area contributed by atoms with Gasteiger partial charge < -0.3 is 14.8 Å². The molecule has 1 saturated carbocycles. The first kappa shape index (κ1) is 11.4. The van der Waals surface area contributed by atoms with Gasteiger partial charge >= 0.3 is 0 Å². The molecule has 2 rings (SSSR count). The quantitative estimate of drug-likeness (QED) is 0.774. The van der Waals surface area contributed by atoms with Crippen molar-refractivity contribution in [3.63, 3.8) is 0 Å². The molecule has 1 N–H and O–H groups in total. The van der Waals surface area contributed by atoms with Crippen molar-refractivity contribution in [3.05, 3.63) is 0 Å². The first-order valence-electron chi connectivity index (χ1n) is 6.18. The summed E-state index contributed by atoms with van der Waals surface area (Å²) in [6.45, 7) is 6.76. The van der Waals surface area contributed by atoms with E-state index in [0.29, 0.717) is 0 Å². The van der Waals surface area contributed by atoms with Crippen molar-refractivity contribution in [2.45, 2.75) is 51.4 Å². The number of hydrogen-bond acceptors (Lipinski definition) is 3. The monoisotopic (exact) mass is 213 g/mol. The Morgan fingerprint density at radius 2 is 1.93 bits per heavy atom. The molecule has 1 atom stereocenters. The van der Waals surface area contributed by atoms with E-state index in [9.17, 15) is 0 Å². The fourth-order valence-electron chi connectivity index (χ4n) is 2.53. The van der Waals surface area contributed by atoms with E-state index in [0.717, 1.165) is 25.6 Å². The lowest BCUT2D eigenvalue weighted by Crippen LogP contribution is -2.32. The van der Waals surface area contributed by atoms with Crippen LogP contribution in [0, 0.1) is 5.92 Å².